The molecule has 0 radical (unpaired) electrons. The summed E-state index contributed by atoms with van der Waals surface area (Å²) in [5.74, 6) is -0.0695. The second kappa shape index (κ2) is 5.50. The minimum atomic E-state index is -0.0695. The first kappa shape index (κ1) is 14.1. The molecule has 1 amide bonds. The van der Waals surface area contributed by atoms with E-state index in [0.717, 1.165) is 26.5 Å². The molecule has 108 valence electrons. The van der Waals surface area contributed by atoms with Crippen molar-refractivity contribution >= 4 is 39.1 Å². The zero-order chi connectivity index (χ0) is 15.0. The number of nitrogens with one attached hydrogen (secondary N) is 1. The Kier molecular flexibility index (Phi) is 3.69. The molecule has 3 aromatic rings. The number of hydrogen-bond donors (Lipinski definition) is 1. The molecule has 0 saturated heterocycles. The normalized spacial score (nSPS) is 11.0. The fourth-order valence-corrected chi connectivity index (χ4v) is 3.55. The predicted molar refractivity (Wildman–Crippen MR) is 86.3 cm³/mol. The van der Waals surface area contributed by atoms with Crippen LogP contribution in [0.2, 0.25) is 5.02 Å². The van der Waals surface area contributed by atoms with Crippen molar-refractivity contribution < 1.29 is 4.79 Å². The summed E-state index contributed by atoms with van der Waals surface area (Å²) in [5.41, 5.74) is 1.93. The molecule has 0 aliphatic heterocycles. The molecule has 21 heavy (non-hydrogen) atoms. The van der Waals surface area contributed by atoms with Gasteiger partial charge >= 0.3 is 0 Å². The summed E-state index contributed by atoms with van der Waals surface area (Å²) in [6, 6.07) is 9.61. The summed E-state index contributed by atoms with van der Waals surface area (Å²) < 4.78 is 1.91. The van der Waals surface area contributed by atoms with Gasteiger partial charge in [-0.25, -0.2) is 0 Å². The lowest BCUT2D eigenvalue weighted by atomic mass is 10.2. The number of benzene rings is 1. The maximum absolute atomic E-state index is 11.8. The van der Waals surface area contributed by atoms with Gasteiger partial charge in [0.2, 0.25) is 0 Å². The Morgan fingerprint density at radius 1 is 1.43 bits per heavy atom. The topological polar surface area (TPSA) is 46.9 Å². The number of amides is 1. The van der Waals surface area contributed by atoms with Crippen molar-refractivity contribution in [2.24, 2.45) is 0 Å². The Bertz CT molecular complexity index is 822. The molecular formula is C15H14ClN3OS. The van der Waals surface area contributed by atoms with E-state index < -0.39 is 0 Å². The van der Waals surface area contributed by atoms with E-state index in [1.54, 1.807) is 7.05 Å². The van der Waals surface area contributed by atoms with Crippen LogP contribution in [0.5, 0.6) is 0 Å². The first-order valence-corrected chi connectivity index (χ1v) is 7.72. The molecule has 3 rings (SSSR count). The van der Waals surface area contributed by atoms with Crippen molar-refractivity contribution in [3.05, 3.63) is 51.5 Å². The Balaban J connectivity index is 2.05. The largest absolute Gasteiger partial charge is 0.354 e. The lowest BCUT2D eigenvalue weighted by Crippen LogP contribution is -2.16. The van der Waals surface area contributed by atoms with Gasteiger partial charge in [0.25, 0.3) is 5.91 Å². The number of aromatic nitrogens is 2. The molecule has 0 fully saturated rings. The van der Waals surface area contributed by atoms with Gasteiger partial charge in [-0.2, -0.15) is 5.10 Å². The summed E-state index contributed by atoms with van der Waals surface area (Å²) in [6.45, 7) is 2.55. The van der Waals surface area contributed by atoms with Gasteiger partial charge < -0.3 is 5.32 Å². The second-order valence-electron chi connectivity index (χ2n) is 4.74. The van der Waals surface area contributed by atoms with Crippen LogP contribution in [-0.4, -0.2) is 22.7 Å². The van der Waals surface area contributed by atoms with Gasteiger partial charge in [0.05, 0.1) is 17.1 Å². The number of hydrogen-bond acceptors (Lipinski definition) is 3. The number of thiophene rings is 1. The van der Waals surface area contributed by atoms with E-state index in [2.05, 4.69) is 10.4 Å². The van der Waals surface area contributed by atoms with Crippen molar-refractivity contribution in [2.45, 2.75) is 13.5 Å². The summed E-state index contributed by atoms with van der Waals surface area (Å²) in [6.07, 6.45) is 0. The molecule has 6 heteroatoms. The van der Waals surface area contributed by atoms with Crippen LogP contribution in [0.25, 0.3) is 10.2 Å². The van der Waals surface area contributed by atoms with Gasteiger partial charge in [-0.3, -0.25) is 9.48 Å². The van der Waals surface area contributed by atoms with Gasteiger partial charge in [0.1, 0.15) is 4.83 Å². The standard InChI is InChI=1S/C15H14ClN3OS/c1-9-11-7-13(14(20)17-2)21-15(11)19(18-9)8-10-5-3-4-6-12(10)16/h3-7H,8H2,1-2H3,(H,17,20). The molecule has 0 atom stereocenters. The molecule has 0 saturated carbocycles. The van der Waals surface area contributed by atoms with Gasteiger partial charge in [0.15, 0.2) is 0 Å². The molecule has 0 aliphatic rings. The number of carbonyl (C=O) groups is 1. The fraction of sp³-hybridized carbons (Fsp3) is 0.200. The number of carbonyl (C=O) groups excluding carboxylic acids is 1. The molecule has 0 bridgehead atoms. The van der Waals surface area contributed by atoms with Crippen molar-refractivity contribution in [3.8, 4) is 0 Å². The summed E-state index contributed by atoms with van der Waals surface area (Å²) in [5, 5.41) is 8.94. The first-order valence-electron chi connectivity index (χ1n) is 6.52. The van der Waals surface area contributed by atoms with Crippen LogP contribution in [0.4, 0.5) is 0 Å². The maximum atomic E-state index is 11.8. The monoisotopic (exact) mass is 319 g/mol. The van der Waals surface area contributed by atoms with Crippen molar-refractivity contribution in [1.29, 1.82) is 0 Å². The molecule has 0 spiro atoms. The lowest BCUT2D eigenvalue weighted by molar-refractivity contribution is 0.0967. The van der Waals surface area contributed by atoms with E-state index in [1.807, 2.05) is 41.9 Å². The van der Waals surface area contributed by atoms with Crippen molar-refractivity contribution in [3.63, 3.8) is 0 Å². The third-order valence-corrected chi connectivity index (χ3v) is 4.85. The molecule has 2 heterocycles. The molecular weight excluding hydrogens is 306 g/mol. The minimum absolute atomic E-state index is 0.0695. The second-order valence-corrected chi connectivity index (χ2v) is 6.18. The van der Waals surface area contributed by atoms with Crippen LogP contribution in [0.3, 0.4) is 0 Å². The number of aryl methyl sites for hydroxylation is 1. The minimum Gasteiger partial charge on any atom is -0.354 e. The van der Waals surface area contributed by atoms with Crippen molar-refractivity contribution in [1.82, 2.24) is 15.1 Å². The summed E-state index contributed by atoms with van der Waals surface area (Å²) >= 11 is 7.66. The molecule has 0 aliphatic carbocycles. The smallest absolute Gasteiger partial charge is 0.261 e. The van der Waals surface area contributed by atoms with Gasteiger partial charge in [-0.05, 0) is 24.6 Å². The highest BCUT2D eigenvalue weighted by Gasteiger charge is 2.16. The summed E-state index contributed by atoms with van der Waals surface area (Å²) in [7, 11) is 1.63. The highest BCUT2D eigenvalue weighted by molar-refractivity contribution is 7.20. The van der Waals surface area contributed by atoms with Crippen LogP contribution in [0.15, 0.2) is 30.3 Å². The van der Waals surface area contributed by atoms with Crippen LogP contribution >= 0.6 is 22.9 Å². The van der Waals surface area contributed by atoms with Crippen LogP contribution in [0.1, 0.15) is 20.9 Å². The third-order valence-electron chi connectivity index (χ3n) is 3.34. The van der Waals surface area contributed by atoms with Gasteiger partial charge in [-0.15, -0.1) is 11.3 Å². The zero-order valence-corrected chi connectivity index (χ0v) is 13.3. The van der Waals surface area contributed by atoms with Crippen LogP contribution in [-0.2, 0) is 6.54 Å². The number of fused-ring (bicyclic) bond motifs is 1. The molecule has 2 aromatic heterocycles. The molecule has 1 aromatic carbocycles. The zero-order valence-electron chi connectivity index (χ0n) is 11.7. The van der Waals surface area contributed by atoms with Crippen LogP contribution in [0, 0.1) is 6.92 Å². The average molecular weight is 320 g/mol. The maximum Gasteiger partial charge on any atom is 0.261 e. The predicted octanol–water partition coefficient (Wildman–Crippen LogP) is 3.47. The number of nitrogens with zero attached hydrogens (tertiary/aromatic N) is 2. The highest BCUT2D eigenvalue weighted by Crippen LogP contribution is 2.29. The van der Waals surface area contributed by atoms with Crippen molar-refractivity contribution in [2.75, 3.05) is 7.05 Å². The van der Waals surface area contributed by atoms with E-state index in [9.17, 15) is 4.79 Å². The number of halogens is 1. The van der Waals surface area contributed by atoms with E-state index in [0.29, 0.717) is 11.4 Å². The highest BCUT2D eigenvalue weighted by atomic mass is 35.5. The van der Waals surface area contributed by atoms with E-state index in [4.69, 9.17) is 11.6 Å². The lowest BCUT2D eigenvalue weighted by Gasteiger charge is -2.04. The molecule has 1 N–H and O–H groups in total. The first-order chi connectivity index (χ1) is 10.1. The Morgan fingerprint density at radius 2 is 2.19 bits per heavy atom. The van der Waals surface area contributed by atoms with Gasteiger partial charge in [0, 0.05) is 17.5 Å². The van der Waals surface area contributed by atoms with Gasteiger partial charge in [-0.1, -0.05) is 29.8 Å². The summed E-state index contributed by atoms with van der Waals surface area (Å²) in [4.78, 5) is 13.5. The third kappa shape index (κ3) is 2.54. The Labute approximate surface area is 131 Å². The fourth-order valence-electron chi connectivity index (χ4n) is 2.24. The van der Waals surface area contributed by atoms with E-state index in [1.165, 1.54) is 11.3 Å². The number of rotatable bonds is 3. The van der Waals surface area contributed by atoms with E-state index >= 15 is 0 Å². The quantitative estimate of drug-likeness (QED) is 0.803. The Morgan fingerprint density at radius 3 is 2.90 bits per heavy atom. The van der Waals surface area contributed by atoms with E-state index in [-0.39, 0.29) is 5.91 Å². The Hall–Kier alpha value is -1.85. The van der Waals surface area contributed by atoms with Crippen LogP contribution < -0.4 is 5.32 Å². The molecule has 4 nitrogen and oxygen atoms in total. The SMILES string of the molecule is CNC(=O)c1cc2c(C)nn(Cc3ccccc3Cl)c2s1. The molecule has 0 unspecified atom stereocenters. The average Bonchev–Trinajstić information content (AvgIpc) is 3.03.